The van der Waals surface area contributed by atoms with Gasteiger partial charge < -0.3 is 10.5 Å². The molecule has 2 aromatic rings. The molecule has 112 valence electrons. The van der Waals surface area contributed by atoms with Gasteiger partial charge in [-0.3, -0.25) is 0 Å². The van der Waals surface area contributed by atoms with Gasteiger partial charge >= 0.3 is 0 Å². The zero-order valence-corrected chi connectivity index (χ0v) is 13.5. The van der Waals surface area contributed by atoms with Crippen molar-refractivity contribution in [3.05, 3.63) is 63.6 Å². The van der Waals surface area contributed by atoms with Gasteiger partial charge in [0.15, 0.2) is 0 Å². The molecule has 2 nitrogen and oxygen atoms in total. The largest absolute Gasteiger partial charge is 0.497 e. The van der Waals surface area contributed by atoms with Crippen LogP contribution in [-0.2, 0) is 12.8 Å². The van der Waals surface area contributed by atoms with E-state index in [1.165, 1.54) is 5.56 Å². The van der Waals surface area contributed by atoms with Gasteiger partial charge in [0.05, 0.1) is 7.11 Å². The summed E-state index contributed by atoms with van der Waals surface area (Å²) < 4.78 is 5.15. The second-order valence-corrected chi connectivity index (χ2v) is 5.93. The summed E-state index contributed by atoms with van der Waals surface area (Å²) >= 11 is 12.1. The molecule has 0 spiro atoms. The van der Waals surface area contributed by atoms with Crippen LogP contribution in [-0.4, -0.2) is 13.2 Å². The molecule has 0 saturated heterocycles. The lowest BCUT2D eigenvalue weighted by Crippen LogP contribution is -2.23. The summed E-state index contributed by atoms with van der Waals surface area (Å²) in [4.78, 5) is 0. The van der Waals surface area contributed by atoms with E-state index in [0.717, 1.165) is 30.6 Å². The van der Waals surface area contributed by atoms with Gasteiger partial charge in [-0.2, -0.15) is 0 Å². The molecule has 0 heterocycles. The predicted molar refractivity (Wildman–Crippen MR) is 89.5 cm³/mol. The molecule has 0 aromatic heterocycles. The number of hydrogen-bond acceptors (Lipinski definition) is 2. The first-order valence-corrected chi connectivity index (χ1v) is 7.66. The summed E-state index contributed by atoms with van der Waals surface area (Å²) in [7, 11) is 1.67. The highest BCUT2D eigenvalue weighted by atomic mass is 35.5. The van der Waals surface area contributed by atoms with Crippen LogP contribution in [0.1, 0.15) is 17.5 Å². The molecule has 0 amide bonds. The maximum Gasteiger partial charge on any atom is 0.118 e. The van der Waals surface area contributed by atoms with E-state index >= 15 is 0 Å². The maximum atomic E-state index is 6.20. The van der Waals surface area contributed by atoms with E-state index < -0.39 is 0 Å². The van der Waals surface area contributed by atoms with E-state index in [0.29, 0.717) is 10.0 Å². The lowest BCUT2D eigenvalue weighted by Gasteiger charge is -2.13. The van der Waals surface area contributed by atoms with Crippen LogP contribution in [0.3, 0.4) is 0 Å². The Balaban J connectivity index is 1.87. The van der Waals surface area contributed by atoms with E-state index in [2.05, 4.69) is 12.1 Å². The average Bonchev–Trinajstić information content (AvgIpc) is 2.48. The first kappa shape index (κ1) is 16.2. The quantitative estimate of drug-likeness (QED) is 0.849. The van der Waals surface area contributed by atoms with E-state index in [1.54, 1.807) is 13.2 Å². The van der Waals surface area contributed by atoms with Gasteiger partial charge in [-0.05, 0) is 54.7 Å². The number of nitrogens with two attached hydrogens (primary N) is 1. The smallest absolute Gasteiger partial charge is 0.118 e. The molecule has 0 bridgehead atoms. The number of rotatable bonds is 6. The Morgan fingerprint density at radius 3 is 2.43 bits per heavy atom. The van der Waals surface area contributed by atoms with Crippen molar-refractivity contribution in [2.75, 3.05) is 7.11 Å². The molecule has 0 aliphatic rings. The number of hydrogen-bond donors (Lipinski definition) is 1. The molecule has 2 rings (SSSR count). The Hall–Kier alpha value is -1.22. The maximum absolute atomic E-state index is 6.20. The molecule has 0 radical (unpaired) electrons. The van der Waals surface area contributed by atoms with Gasteiger partial charge in [0.2, 0.25) is 0 Å². The van der Waals surface area contributed by atoms with Gasteiger partial charge in [0, 0.05) is 16.1 Å². The van der Waals surface area contributed by atoms with Crippen LogP contribution < -0.4 is 10.5 Å². The van der Waals surface area contributed by atoms with Crippen molar-refractivity contribution in [3.63, 3.8) is 0 Å². The van der Waals surface area contributed by atoms with Crippen molar-refractivity contribution in [3.8, 4) is 5.75 Å². The molecule has 0 aliphatic carbocycles. The molecule has 1 atom stereocenters. The standard InChI is InChI=1S/C17H19Cl2NO/c1-21-16-8-3-12(4-9-16)2-7-15(20)10-13-5-6-14(18)11-17(13)19/h3-6,8-9,11,15H,2,7,10,20H2,1H3. The van der Waals surface area contributed by atoms with Gasteiger partial charge in [-0.25, -0.2) is 0 Å². The summed E-state index contributed by atoms with van der Waals surface area (Å²) in [5.41, 5.74) is 8.50. The number of ether oxygens (including phenoxy) is 1. The highest BCUT2D eigenvalue weighted by Crippen LogP contribution is 2.22. The molecule has 1 unspecified atom stereocenters. The second kappa shape index (κ2) is 7.69. The fraction of sp³-hybridized carbons (Fsp3) is 0.294. The first-order valence-electron chi connectivity index (χ1n) is 6.91. The molecular formula is C17H19Cl2NO. The lowest BCUT2D eigenvalue weighted by atomic mass is 10.00. The Morgan fingerprint density at radius 1 is 1.10 bits per heavy atom. The molecule has 2 aromatic carbocycles. The minimum Gasteiger partial charge on any atom is -0.497 e. The van der Waals surface area contributed by atoms with Crippen molar-refractivity contribution in [2.24, 2.45) is 5.73 Å². The summed E-state index contributed by atoms with van der Waals surface area (Å²) in [5, 5.41) is 1.33. The topological polar surface area (TPSA) is 35.2 Å². The van der Waals surface area contributed by atoms with Crippen LogP contribution in [0.25, 0.3) is 0 Å². The second-order valence-electron chi connectivity index (χ2n) is 5.09. The van der Waals surface area contributed by atoms with Crippen molar-refractivity contribution < 1.29 is 4.74 Å². The van der Waals surface area contributed by atoms with Crippen LogP contribution in [0.5, 0.6) is 5.75 Å². The number of methoxy groups -OCH3 is 1. The molecular weight excluding hydrogens is 305 g/mol. The summed E-state index contributed by atoms with van der Waals surface area (Å²) in [6, 6.07) is 13.7. The van der Waals surface area contributed by atoms with E-state index in [9.17, 15) is 0 Å². The monoisotopic (exact) mass is 323 g/mol. The minimum absolute atomic E-state index is 0.0748. The summed E-state index contributed by atoms with van der Waals surface area (Å²) in [5.74, 6) is 0.871. The third kappa shape index (κ3) is 4.92. The molecule has 0 saturated carbocycles. The Labute approximate surface area is 135 Å². The van der Waals surface area contributed by atoms with Crippen LogP contribution in [0.15, 0.2) is 42.5 Å². The molecule has 4 heteroatoms. The summed E-state index contributed by atoms with van der Waals surface area (Å²) in [6.07, 6.45) is 2.60. The highest BCUT2D eigenvalue weighted by Gasteiger charge is 2.08. The van der Waals surface area contributed by atoms with Gasteiger partial charge in [0.25, 0.3) is 0 Å². The third-order valence-electron chi connectivity index (χ3n) is 3.46. The van der Waals surface area contributed by atoms with Crippen LogP contribution in [0, 0.1) is 0 Å². The van der Waals surface area contributed by atoms with Crippen molar-refractivity contribution in [2.45, 2.75) is 25.3 Å². The molecule has 0 aliphatic heterocycles. The fourth-order valence-electron chi connectivity index (χ4n) is 2.22. The number of benzene rings is 2. The summed E-state index contributed by atoms with van der Waals surface area (Å²) in [6.45, 7) is 0. The van der Waals surface area contributed by atoms with Gasteiger partial charge in [0.1, 0.15) is 5.75 Å². The zero-order valence-electron chi connectivity index (χ0n) is 12.0. The number of halogens is 2. The SMILES string of the molecule is COc1ccc(CCC(N)Cc2ccc(Cl)cc2Cl)cc1. The molecule has 2 N–H and O–H groups in total. The normalized spacial score (nSPS) is 12.2. The van der Waals surface area contributed by atoms with Gasteiger partial charge in [-0.1, -0.05) is 41.4 Å². The van der Waals surface area contributed by atoms with E-state index in [-0.39, 0.29) is 6.04 Å². The Bertz CT molecular complexity index is 584. The van der Waals surface area contributed by atoms with E-state index in [1.807, 2.05) is 24.3 Å². The Kier molecular flexibility index (Phi) is 5.92. The predicted octanol–water partition coefficient (Wildman–Crippen LogP) is 4.50. The number of aryl methyl sites for hydroxylation is 1. The van der Waals surface area contributed by atoms with Gasteiger partial charge in [-0.15, -0.1) is 0 Å². The highest BCUT2D eigenvalue weighted by molar-refractivity contribution is 6.35. The van der Waals surface area contributed by atoms with Crippen LogP contribution >= 0.6 is 23.2 Å². The van der Waals surface area contributed by atoms with Crippen LogP contribution in [0.4, 0.5) is 0 Å². The van der Waals surface area contributed by atoms with E-state index in [4.69, 9.17) is 33.7 Å². The zero-order chi connectivity index (χ0) is 15.2. The third-order valence-corrected chi connectivity index (χ3v) is 4.05. The fourth-order valence-corrected chi connectivity index (χ4v) is 2.70. The average molecular weight is 324 g/mol. The van der Waals surface area contributed by atoms with Crippen molar-refractivity contribution in [1.82, 2.24) is 0 Å². The van der Waals surface area contributed by atoms with Crippen molar-refractivity contribution in [1.29, 1.82) is 0 Å². The minimum atomic E-state index is 0.0748. The molecule has 0 fully saturated rings. The Morgan fingerprint density at radius 2 is 1.81 bits per heavy atom. The van der Waals surface area contributed by atoms with Crippen molar-refractivity contribution >= 4 is 23.2 Å². The first-order chi connectivity index (χ1) is 10.1. The lowest BCUT2D eigenvalue weighted by molar-refractivity contribution is 0.414. The molecule has 21 heavy (non-hydrogen) atoms. The van der Waals surface area contributed by atoms with Crippen LogP contribution in [0.2, 0.25) is 10.0 Å².